The van der Waals surface area contributed by atoms with E-state index in [1.54, 1.807) is 0 Å². The highest BCUT2D eigenvalue weighted by Gasteiger charge is 2.10. The summed E-state index contributed by atoms with van der Waals surface area (Å²) in [6, 6.07) is 10.3. The molecule has 0 saturated carbocycles. The van der Waals surface area contributed by atoms with Gasteiger partial charge < -0.3 is 0 Å². The summed E-state index contributed by atoms with van der Waals surface area (Å²) in [6.45, 7) is 4.07. The molecule has 20 heavy (non-hydrogen) atoms. The minimum atomic E-state index is -0.502. The second-order valence-corrected chi connectivity index (χ2v) is 5.39. The average Bonchev–Trinajstić information content (AvgIpc) is 2.42. The molecule has 0 aliphatic carbocycles. The Morgan fingerprint density at radius 2 is 1.90 bits per heavy atom. The van der Waals surface area contributed by atoms with Gasteiger partial charge in [0, 0.05) is 12.0 Å². The number of hydrogen-bond donors (Lipinski definition) is 0. The molecule has 0 atom stereocenters. The molecule has 0 radical (unpaired) electrons. The van der Waals surface area contributed by atoms with E-state index in [4.69, 9.17) is 11.6 Å². The summed E-state index contributed by atoms with van der Waals surface area (Å²) in [5.41, 5.74) is 4.00. The molecule has 2 rings (SSSR count). The first-order chi connectivity index (χ1) is 9.47. The largest absolute Gasteiger partial charge is 0.294 e. The number of benzene rings is 2. The predicted octanol–water partition coefficient (Wildman–Crippen LogP) is 4.91. The molecule has 0 fully saturated rings. The van der Waals surface area contributed by atoms with Crippen molar-refractivity contribution in [3.63, 3.8) is 0 Å². The van der Waals surface area contributed by atoms with Gasteiger partial charge in [-0.2, -0.15) is 0 Å². The summed E-state index contributed by atoms with van der Waals surface area (Å²) >= 11 is 5.69. The molecule has 104 valence electrons. The van der Waals surface area contributed by atoms with Crippen LogP contribution in [0.4, 0.5) is 4.39 Å². The first-order valence-corrected chi connectivity index (χ1v) is 6.89. The van der Waals surface area contributed by atoms with Crippen LogP contribution in [0.3, 0.4) is 0 Å². The van der Waals surface area contributed by atoms with Crippen LogP contribution in [0.25, 0.3) is 0 Å². The molecule has 2 aromatic carbocycles. The van der Waals surface area contributed by atoms with Gasteiger partial charge in [0.15, 0.2) is 5.78 Å². The Hall–Kier alpha value is -1.67. The molecular weight excluding hydrogens is 275 g/mol. The van der Waals surface area contributed by atoms with Crippen LogP contribution in [0, 0.1) is 19.7 Å². The Labute approximate surface area is 123 Å². The Morgan fingerprint density at radius 1 is 1.15 bits per heavy atom. The highest BCUT2D eigenvalue weighted by Crippen LogP contribution is 2.19. The van der Waals surface area contributed by atoms with Crippen molar-refractivity contribution in [2.45, 2.75) is 26.7 Å². The van der Waals surface area contributed by atoms with Crippen LogP contribution in [0.15, 0.2) is 36.4 Å². The molecule has 0 aliphatic heterocycles. The van der Waals surface area contributed by atoms with Crippen LogP contribution < -0.4 is 0 Å². The number of halogens is 2. The standard InChI is InChI=1S/C17H16ClFO/c1-11-3-4-12(2)13(9-11)6-8-17(20)14-5-7-16(19)15(18)10-14/h3-5,7,9-10H,6,8H2,1-2H3. The Morgan fingerprint density at radius 3 is 2.60 bits per heavy atom. The quantitative estimate of drug-likeness (QED) is 0.731. The van der Waals surface area contributed by atoms with Gasteiger partial charge in [0.25, 0.3) is 0 Å². The molecule has 0 bridgehead atoms. The lowest BCUT2D eigenvalue weighted by Crippen LogP contribution is -2.02. The fourth-order valence-electron chi connectivity index (χ4n) is 2.13. The topological polar surface area (TPSA) is 17.1 Å². The molecule has 0 aromatic heterocycles. The first kappa shape index (κ1) is 14.7. The minimum Gasteiger partial charge on any atom is -0.294 e. The van der Waals surface area contributed by atoms with Crippen molar-refractivity contribution < 1.29 is 9.18 Å². The smallest absolute Gasteiger partial charge is 0.163 e. The third-order valence-corrected chi connectivity index (χ3v) is 3.66. The van der Waals surface area contributed by atoms with E-state index in [-0.39, 0.29) is 10.8 Å². The number of rotatable bonds is 4. The zero-order valence-electron chi connectivity index (χ0n) is 11.5. The van der Waals surface area contributed by atoms with Crippen molar-refractivity contribution in [3.05, 3.63) is 69.5 Å². The lowest BCUT2D eigenvalue weighted by Gasteiger charge is -2.07. The molecule has 2 aromatic rings. The molecule has 0 unspecified atom stereocenters. The molecule has 0 spiro atoms. The molecule has 0 saturated heterocycles. The second kappa shape index (κ2) is 6.19. The van der Waals surface area contributed by atoms with Gasteiger partial charge in [0.05, 0.1) is 5.02 Å². The number of aryl methyl sites for hydroxylation is 3. The van der Waals surface area contributed by atoms with Gasteiger partial charge in [-0.1, -0.05) is 35.4 Å². The molecule has 0 heterocycles. The highest BCUT2D eigenvalue weighted by molar-refractivity contribution is 6.31. The van der Waals surface area contributed by atoms with E-state index < -0.39 is 5.82 Å². The van der Waals surface area contributed by atoms with Crippen LogP contribution in [-0.4, -0.2) is 5.78 Å². The monoisotopic (exact) mass is 290 g/mol. The third kappa shape index (κ3) is 3.45. The van der Waals surface area contributed by atoms with Gasteiger partial charge in [-0.15, -0.1) is 0 Å². The number of Topliss-reactive ketones (excluding diaryl/α,β-unsaturated/α-hetero) is 1. The van der Waals surface area contributed by atoms with E-state index in [9.17, 15) is 9.18 Å². The lowest BCUT2D eigenvalue weighted by molar-refractivity contribution is 0.0983. The van der Waals surface area contributed by atoms with Gasteiger partial charge in [0.2, 0.25) is 0 Å². The molecule has 0 aliphatic rings. The fourth-order valence-corrected chi connectivity index (χ4v) is 2.31. The summed E-state index contributed by atoms with van der Waals surface area (Å²) < 4.78 is 13.1. The molecule has 3 heteroatoms. The second-order valence-electron chi connectivity index (χ2n) is 4.98. The van der Waals surface area contributed by atoms with Crippen LogP contribution in [0.2, 0.25) is 5.02 Å². The van der Waals surface area contributed by atoms with E-state index in [0.29, 0.717) is 18.4 Å². The lowest BCUT2D eigenvalue weighted by atomic mass is 9.98. The summed E-state index contributed by atoms with van der Waals surface area (Å²) in [7, 11) is 0. The summed E-state index contributed by atoms with van der Waals surface area (Å²) in [5, 5.41) is -0.0115. The van der Waals surface area contributed by atoms with Gasteiger partial charge in [-0.05, 0) is 49.6 Å². The van der Waals surface area contributed by atoms with E-state index in [1.165, 1.54) is 34.9 Å². The average molecular weight is 291 g/mol. The Bertz CT molecular complexity index is 649. The van der Waals surface area contributed by atoms with Crippen molar-refractivity contribution >= 4 is 17.4 Å². The predicted molar refractivity (Wildman–Crippen MR) is 80.0 cm³/mol. The van der Waals surface area contributed by atoms with Crippen molar-refractivity contribution in [2.24, 2.45) is 0 Å². The summed E-state index contributed by atoms with van der Waals surface area (Å²) in [5.74, 6) is -0.523. The molecule has 0 amide bonds. The maximum absolute atomic E-state index is 13.1. The third-order valence-electron chi connectivity index (χ3n) is 3.37. The van der Waals surface area contributed by atoms with Crippen LogP contribution in [0.1, 0.15) is 33.5 Å². The molecule has 1 nitrogen and oxygen atoms in total. The zero-order valence-corrected chi connectivity index (χ0v) is 12.3. The zero-order chi connectivity index (χ0) is 14.7. The van der Waals surface area contributed by atoms with Gasteiger partial charge in [0.1, 0.15) is 5.82 Å². The Kier molecular flexibility index (Phi) is 4.56. The SMILES string of the molecule is Cc1ccc(C)c(CCC(=O)c2ccc(F)c(Cl)c2)c1. The Balaban J connectivity index is 2.08. The number of carbonyl (C=O) groups excluding carboxylic acids is 1. The van der Waals surface area contributed by atoms with E-state index in [0.717, 1.165) is 0 Å². The van der Waals surface area contributed by atoms with E-state index >= 15 is 0 Å². The van der Waals surface area contributed by atoms with Gasteiger partial charge in [-0.25, -0.2) is 4.39 Å². The van der Waals surface area contributed by atoms with Crippen LogP contribution in [0.5, 0.6) is 0 Å². The minimum absolute atomic E-state index is 0.0115. The number of carbonyl (C=O) groups is 1. The van der Waals surface area contributed by atoms with Crippen LogP contribution in [-0.2, 0) is 6.42 Å². The number of ketones is 1. The van der Waals surface area contributed by atoms with E-state index in [1.807, 2.05) is 13.8 Å². The molecule has 0 N–H and O–H groups in total. The highest BCUT2D eigenvalue weighted by atomic mass is 35.5. The van der Waals surface area contributed by atoms with Crippen LogP contribution >= 0.6 is 11.6 Å². The van der Waals surface area contributed by atoms with Crippen molar-refractivity contribution in [1.29, 1.82) is 0 Å². The molecular formula is C17H16ClFO. The number of hydrogen-bond acceptors (Lipinski definition) is 1. The summed E-state index contributed by atoms with van der Waals surface area (Å²) in [4.78, 5) is 12.1. The fraction of sp³-hybridized carbons (Fsp3) is 0.235. The maximum Gasteiger partial charge on any atom is 0.163 e. The summed E-state index contributed by atoms with van der Waals surface area (Å²) in [6.07, 6.45) is 1.08. The van der Waals surface area contributed by atoms with E-state index in [2.05, 4.69) is 18.2 Å². The maximum atomic E-state index is 13.1. The van der Waals surface area contributed by atoms with Crippen molar-refractivity contribution in [2.75, 3.05) is 0 Å². The van der Waals surface area contributed by atoms with Gasteiger partial charge >= 0.3 is 0 Å². The van der Waals surface area contributed by atoms with Crippen molar-refractivity contribution in [1.82, 2.24) is 0 Å². The van der Waals surface area contributed by atoms with Crippen molar-refractivity contribution in [3.8, 4) is 0 Å². The first-order valence-electron chi connectivity index (χ1n) is 6.52. The normalized spacial score (nSPS) is 10.6. The van der Waals surface area contributed by atoms with Gasteiger partial charge in [-0.3, -0.25) is 4.79 Å².